The van der Waals surface area contributed by atoms with E-state index >= 15 is 0 Å². The molecule has 2 rings (SSSR count). The van der Waals surface area contributed by atoms with Gasteiger partial charge in [0.15, 0.2) is 6.10 Å². The average Bonchev–Trinajstić information content (AvgIpc) is 2.69. The molecule has 0 spiro atoms. The van der Waals surface area contributed by atoms with Crippen LogP contribution in [-0.4, -0.2) is 39.0 Å². The van der Waals surface area contributed by atoms with Gasteiger partial charge in [-0.2, -0.15) is 9.98 Å². The number of esters is 1. The monoisotopic (exact) mass is 421 g/mol. The summed E-state index contributed by atoms with van der Waals surface area (Å²) in [7, 11) is -4.06. The van der Waals surface area contributed by atoms with Crippen molar-refractivity contribution in [3.05, 3.63) is 29.8 Å². The van der Waals surface area contributed by atoms with Gasteiger partial charge in [-0.3, -0.25) is 9.59 Å². The van der Waals surface area contributed by atoms with Gasteiger partial charge in [0.25, 0.3) is 5.91 Å². The Morgan fingerprint density at radius 2 is 1.97 bits per heavy atom. The Labute approximate surface area is 171 Å². The maximum absolute atomic E-state index is 12.3. The highest BCUT2D eigenvalue weighted by Crippen LogP contribution is 2.29. The Kier molecular flexibility index (Phi) is 7.76. The van der Waals surface area contributed by atoms with Crippen LogP contribution in [-0.2, 0) is 24.3 Å². The fourth-order valence-electron chi connectivity index (χ4n) is 3.40. The smallest absolute Gasteiger partial charge is 0.321 e. The summed E-state index contributed by atoms with van der Waals surface area (Å²) in [5, 5.41) is 12.0. The number of ether oxygens (including phenoxy) is 1. The number of carbonyl (C=O) groups is 2. The number of rotatable bonds is 7. The first-order chi connectivity index (χ1) is 13.7. The summed E-state index contributed by atoms with van der Waals surface area (Å²) in [5.74, 6) is -0.432. The van der Waals surface area contributed by atoms with E-state index in [0.29, 0.717) is 11.8 Å². The molecule has 158 valence electrons. The minimum atomic E-state index is -4.06. The van der Waals surface area contributed by atoms with Gasteiger partial charge in [-0.15, -0.1) is 0 Å². The molecule has 29 heavy (non-hydrogen) atoms. The lowest BCUT2D eigenvalue weighted by molar-refractivity contribution is -0.154. The summed E-state index contributed by atoms with van der Waals surface area (Å²) < 4.78 is 31.8. The van der Waals surface area contributed by atoms with Crippen LogP contribution in [0.5, 0.6) is 0 Å². The summed E-state index contributed by atoms with van der Waals surface area (Å²) >= 11 is 0. The number of nitrogens with zero attached hydrogens (tertiary/aromatic N) is 1. The maximum atomic E-state index is 12.3. The first-order valence-electron chi connectivity index (χ1n) is 9.64. The fourth-order valence-corrected chi connectivity index (χ4v) is 4.53. The molecule has 8 nitrogen and oxygen atoms in total. The van der Waals surface area contributed by atoms with E-state index in [0.717, 1.165) is 19.3 Å². The first-order valence-corrected chi connectivity index (χ1v) is 11.1. The number of hydrogen-bond acceptors (Lipinski definition) is 6. The lowest BCUT2D eigenvalue weighted by Crippen LogP contribution is -2.48. The summed E-state index contributed by atoms with van der Waals surface area (Å²) in [6.45, 7) is 5.06. The number of nitrogens with one attached hydrogen (secondary N) is 2. The van der Waals surface area contributed by atoms with Crippen LogP contribution in [0.3, 0.4) is 0 Å². The van der Waals surface area contributed by atoms with Gasteiger partial charge >= 0.3 is 5.97 Å². The predicted molar refractivity (Wildman–Crippen MR) is 106 cm³/mol. The van der Waals surface area contributed by atoms with Crippen LogP contribution in [0.4, 0.5) is 0 Å². The molecule has 4 atom stereocenters. The lowest BCUT2D eigenvalue weighted by atomic mass is 9.78. The van der Waals surface area contributed by atoms with Crippen molar-refractivity contribution in [1.82, 2.24) is 10.0 Å². The Bertz CT molecular complexity index is 894. The minimum Gasteiger partial charge on any atom is -0.452 e. The number of benzene rings is 1. The number of amides is 1. The quantitative estimate of drug-likeness (QED) is 0.646. The van der Waals surface area contributed by atoms with Gasteiger partial charge in [0.1, 0.15) is 12.6 Å². The highest BCUT2D eigenvalue weighted by Gasteiger charge is 2.30. The van der Waals surface area contributed by atoms with E-state index in [-0.39, 0.29) is 16.5 Å². The standard InChI is InChI=1S/C20H27N3O5S/c1-13-7-6-9-17(14(13)2)23-20(25)15(3)28-19(24)12-22-29(26,27)18-10-5-4-8-16(18)11-21/h4-5,8,10,13-15,17,22H,6-7,9,12H2,1-3H3,(H,23,25)/t13-,14+,15+,17+/m0/s1. The second-order valence-corrected chi connectivity index (χ2v) is 9.18. The number of nitriles is 1. The molecule has 1 aromatic rings. The zero-order valence-electron chi connectivity index (χ0n) is 16.8. The largest absolute Gasteiger partial charge is 0.452 e. The zero-order chi connectivity index (χ0) is 21.6. The van der Waals surface area contributed by atoms with E-state index in [4.69, 9.17) is 10.00 Å². The first kappa shape index (κ1) is 22.8. The molecule has 0 heterocycles. The van der Waals surface area contributed by atoms with Crippen LogP contribution < -0.4 is 10.0 Å². The van der Waals surface area contributed by atoms with Crippen molar-refractivity contribution in [3.8, 4) is 6.07 Å². The Morgan fingerprint density at radius 1 is 1.28 bits per heavy atom. The molecule has 1 fully saturated rings. The second kappa shape index (κ2) is 9.85. The van der Waals surface area contributed by atoms with Gasteiger partial charge in [0, 0.05) is 6.04 Å². The number of sulfonamides is 1. The molecule has 9 heteroatoms. The van der Waals surface area contributed by atoms with Crippen LogP contribution in [0, 0.1) is 23.2 Å². The van der Waals surface area contributed by atoms with Crippen molar-refractivity contribution < 1.29 is 22.7 Å². The molecule has 0 aliphatic heterocycles. The summed E-state index contributed by atoms with van der Waals surface area (Å²) in [4.78, 5) is 24.1. The predicted octanol–water partition coefficient (Wildman–Crippen LogP) is 1.71. The summed E-state index contributed by atoms with van der Waals surface area (Å²) in [5.41, 5.74) is -0.0306. The molecule has 1 aliphatic rings. The second-order valence-electron chi connectivity index (χ2n) is 7.45. The van der Waals surface area contributed by atoms with Crippen molar-refractivity contribution >= 4 is 21.9 Å². The van der Waals surface area contributed by atoms with Crippen molar-refractivity contribution in [3.63, 3.8) is 0 Å². The van der Waals surface area contributed by atoms with Crippen LogP contribution in [0.2, 0.25) is 0 Å². The van der Waals surface area contributed by atoms with E-state index in [2.05, 4.69) is 23.9 Å². The van der Waals surface area contributed by atoms with E-state index in [1.165, 1.54) is 25.1 Å². The molecule has 0 unspecified atom stereocenters. The summed E-state index contributed by atoms with van der Waals surface area (Å²) in [6, 6.07) is 7.49. The van der Waals surface area contributed by atoms with Gasteiger partial charge in [0.05, 0.1) is 10.5 Å². The SMILES string of the molecule is C[C@@H]1[C@@H](C)CCC[C@H]1NC(=O)[C@@H](C)OC(=O)CNS(=O)(=O)c1ccccc1C#N. The average molecular weight is 422 g/mol. The van der Waals surface area contributed by atoms with E-state index in [9.17, 15) is 18.0 Å². The Balaban J connectivity index is 1.88. The molecular weight excluding hydrogens is 394 g/mol. The van der Waals surface area contributed by atoms with Gasteiger partial charge in [-0.1, -0.05) is 38.8 Å². The van der Waals surface area contributed by atoms with Crippen LogP contribution in [0.25, 0.3) is 0 Å². The van der Waals surface area contributed by atoms with Crippen molar-refractivity contribution in [1.29, 1.82) is 5.26 Å². The number of carbonyl (C=O) groups excluding carboxylic acids is 2. The third-order valence-corrected chi connectivity index (χ3v) is 6.87. The topological polar surface area (TPSA) is 125 Å². The Hall–Kier alpha value is -2.44. The highest BCUT2D eigenvalue weighted by molar-refractivity contribution is 7.89. The third kappa shape index (κ3) is 6.02. The fraction of sp³-hybridized carbons (Fsp3) is 0.550. The minimum absolute atomic E-state index is 0.0306. The van der Waals surface area contributed by atoms with Gasteiger partial charge in [-0.25, -0.2) is 8.42 Å². The van der Waals surface area contributed by atoms with E-state index in [1.807, 2.05) is 0 Å². The molecule has 1 saturated carbocycles. The van der Waals surface area contributed by atoms with Gasteiger partial charge in [-0.05, 0) is 37.3 Å². The molecule has 1 aromatic carbocycles. The normalized spacial score (nSPS) is 22.9. The molecule has 0 bridgehead atoms. The van der Waals surface area contributed by atoms with Gasteiger partial charge in [0.2, 0.25) is 10.0 Å². The van der Waals surface area contributed by atoms with Gasteiger partial charge < -0.3 is 10.1 Å². The van der Waals surface area contributed by atoms with Crippen molar-refractivity contribution in [2.24, 2.45) is 11.8 Å². The van der Waals surface area contributed by atoms with E-state index < -0.39 is 34.5 Å². The van der Waals surface area contributed by atoms with Crippen molar-refractivity contribution in [2.75, 3.05) is 6.54 Å². The van der Waals surface area contributed by atoms with Crippen molar-refractivity contribution in [2.45, 2.75) is 57.1 Å². The van der Waals surface area contributed by atoms with Crippen LogP contribution in [0.1, 0.15) is 45.6 Å². The zero-order valence-corrected chi connectivity index (χ0v) is 17.7. The molecule has 0 saturated heterocycles. The van der Waals surface area contributed by atoms with Crippen LogP contribution >= 0.6 is 0 Å². The third-order valence-electron chi connectivity index (χ3n) is 5.42. The highest BCUT2D eigenvalue weighted by atomic mass is 32.2. The van der Waals surface area contributed by atoms with E-state index in [1.54, 1.807) is 12.1 Å². The van der Waals surface area contributed by atoms with Crippen LogP contribution in [0.15, 0.2) is 29.2 Å². The molecule has 1 aliphatic carbocycles. The molecule has 0 aromatic heterocycles. The molecular formula is C20H27N3O5S. The summed E-state index contributed by atoms with van der Waals surface area (Å²) in [6.07, 6.45) is 2.02. The molecule has 2 N–H and O–H groups in total. The molecule has 1 amide bonds. The Morgan fingerprint density at radius 3 is 2.66 bits per heavy atom. The number of hydrogen-bond donors (Lipinski definition) is 2. The maximum Gasteiger partial charge on any atom is 0.321 e. The molecule has 0 radical (unpaired) electrons. The lowest BCUT2D eigenvalue weighted by Gasteiger charge is -2.35.